The molecule has 0 aliphatic rings. The van der Waals surface area contributed by atoms with Crippen LogP contribution < -0.4 is 14.8 Å². The Morgan fingerprint density at radius 2 is 1.95 bits per heavy atom. The molecule has 20 heavy (non-hydrogen) atoms. The average molecular weight is 291 g/mol. The molecule has 112 valence electrons. The number of alkyl halides is 3. The summed E-state index contributed by atoms with van der Waals surface area (Å²) in [4.78, 5) is 11.6. The first-order valence-corrected chi connectivity index (χ1v) is 5.92. The minimum Gasteiger partial charge on any atom is -0.493 e. The van der Waals surface area contributed by atoms with Gasteiger partial charge in [0.05, 0.1) is 13.2 Å². The van der Waals surface area contributed by atoms with Gasteiger partial charge in [0.15, 0.2) is 11.5 Å². The highest BCUT2D eigenvalue weighted by atomic mass is 19.4. The summed E-state index contributed by atoms with van der Waals surface area (Å²) in [7, 11) is 1.39. The summed E-state index contributed by atoms with van der Waals surface area (Å²) in [6.45, 7) is 2.27. The number of ether oxygens (including phenoxy) is 2. The van der Waals surface area contributed by atoms with Crippen molar-refractivity contribution in [1.29, 1.82) is 0 Å². The largest absolute Gasteiger partial charge is 0.493 e. The highest BCUT2D eigenvalue weighted by Crippen LogP contribution is 2.29. The van der Waals surface area contributed by atoms with Gasteiger partial charge in [-0.05, 0) is 32.0 Å². The lowest BCUT2D eigenvalue weighted by atomic mass is 10.2. The maximum Gasteiger partial charge on any atom is 0.405 e. The molecule has 0 atom stereocenters. The van der Waals surface area contributed by atoms with E-state index in [4.69, 9.17) is 9.47 Å². The van der Waals surface area contributed by atoms with Crippen LogP contribution in [0.5, 0.6) is 11.5 Å². The normalized spacial score (nSPS) is 11.3. The van der Waals surface area contributed by atoms with Crippen LogP contribution in [-0.2, 0) is 0 Å². The summed E-state index contributed by atoms with van der Waals surface area (Å²) >= 11 is 0. The van der Waals surface area contributed by atoms with Gasteiger partial charge in [0.2, 0.25) is 0 Å². The van der Waals surface area contributed by atoms with Crippen LogP contribution in [0.2, 0.25) is 0 Å². The van der Waals surface area contributed by atoms with Crippen LogP contribution in [0.15, 0.2) is 18.2 Å². The Morgan fingerprint density at radius 1 is 1.30 bits per heavy atom. The van der Waals surface area contributed by atoms with E-state index in [0.717, 1.165) is 0 Å². The Bertz CT molecular complexity index is 472. The van der Waals surface area contributed by atoms with Gasteiger partial charge in [-0.2, -0.15) is 13.2 Å². The van der Waals surface area contributed by atoms with Crippen LogP contribution in [0.3, 0.4) is 0 Å². The molecule has 0 aliphatic carbocycles. The zero-order chi connectivity index (χ0) is 15.3. The second-order valence-corrected chi connectivity index (χ2v) is 4.33. The molecule has 1 aromatic rings. The van der Waals surface area contributed by atoms with Gasteiger partial charge in [-0.3, -0.25) is 4.79 Å². The van der Waals surface area contributed by atoms with Gasteiger partial charge < -0.3 is 14.8 Å². The monoisotopic (exact) mass is 291 g/mol. The third-order valence-electron chi connectivity index (χ3n) is 2.24. The Kier molecular flexibility index (Phi) is 5.24. The van der Waals surface area contributed by atoms with Crippen LogP contribution in [0, 0.1) is 0 Å². The number of hydrogen-bond acceptors (Lipinski definition) is 3. The SMILES string of the molecule is COc1cc(C(=O)NCC(F)(F)F)ccc1OC(C)C. The predicted molar refractivity (Wildman–Crippen MR) is 67.1 cm³/mol. The molecule has 7 heteroatoms. The fourth-order valence-electron chi connectivity index (χ4n) is 1.44. The van der Waals surface area contributed by atoms with Crippen LogP contribution in [-0.4, -0.2) is 31.8 Å². The van der Waals surface area contributed by atoms with Crippen molar-refractivity contribution in [2.24, 2.45) is 0 Å². The van der Waals surface area contributed by atoms with Crippen molar-refractivity contribution < 1.29 is 27.4 Å². The summed E-state index contributed by atoms with van der Waals surface area (Å²) in [5.41, 5.74) is 0.0715. The van der Waals surface area contributed by atoms with Crippen molar-refractivity contribution in [3.63, 3.8) is 0 Å². The van der Waals surface area contributed by atoms with E-state index in [1.54, 1.807) is 5.32 Å². The number of carbonyl (C=O) groups excluding carboxylic acids is 1. The van der Waals surface area contributed by atoms with Gasteiger partial charge in [0.1, 0.15) is 6.54 Å². The third kappa shape index (κ3) is 4.99. The molecule has 0 bridgehead atoms. The van der Waals surface area contributed by atoms with Crippen LogP contribution in [0.4, 0.5) is 13.2 Å². The number of halogens is 3. The molecular weight excluding hydrogens is 275 g/mol. The summed E-state index contributed by atoms with van der Waals surface area (Å²) in [5, 5.41) is 1.79. The highest BCUT2D eigenvalue weighted by molar-refractivity contribution is 5.94. The zero-order valence-electron chi connectivity index (χ0n) is 11.4. The van der Waals surface area contributed by atoms with Crippen molar-refractivity contribution in [2.75, 3.05) is 13.7 Å². The molecule has 4 nitrogen and oxygen atoms in total. The highest BCUT2D eigenvalue weighted by Gasteiger charge is 2.28. The van der Waals surface area contributed by atoms with Crippen molar-refractivity contribution in [3.05, 3.63) is 23.8 Å². The van der Waals surface area contributed by atoms with Gasteiger partial charge in [0, 0.05) is 5.56 Å². The second kappa shape index (κ2) is 6.49. The average Bonchev–Trinajstić information content (AvgIpc) is 2.34. The van der Waals surface area contributed by atoms with E-state index in [-0.39, 0.29) is 11.7 Å². The Labute approximate surface area is 114 Å². The molecule has 0 spiro atoms. The molecule has 0 saturated carbocycles. The van der Waals surface area contributed by atoms with Gasteiger partial charge in [-0.25, -0.2) is 0 Å². The summed E-state index contributed by atoms with van der Waals surface area (Å²) in [5.74, 6) is -0.107. The molecule has 0 heterocycles. The minimum absolute atomic E-state index is 0.0715. The Hall–Kier alpha value is -1.92. The molecule has 0 aromatic heterocycles. The van der Waals surface area contributed by atoms with Crippen LogP contribution in [0.1, 0.15) is 24.2 Å². The molecule has 0 saturated heterocycles. The van der Waals surface area contributed by atoms with E-state index in [9.17, 15) is 18.0 Å². The van der Waals surface area contributed by atoms with Gasteiger partial charge in [0.25, 0.3) is 5.91 Å². The molecule has 1 amide bonds. The van der Waals surface area contributed by atoms with Gasteiger partial charge in [-0.1, -0.05) is 0 Å². The fourth-order valence-corrected chi connectivity index (χ4v) is 1.44. The first-order valence-electron chi connectivity index (χ1n) is 5.92. The van der Waals surface area contributed by atoms with Gasteiger partial charge in [-0.15, -0.1) is 0 Å². The lowest BCUT2D eigenvalue weighted by Crippen LogP contribution is -2.33. The van der Waals surface area contributed by atoms with Crippen LogP contribution >= 0.6 is 0 Å². The van der Waals surface area contributed by atoms with E-state index in [1.807, 2.05) is 13.8 Å². The molecule has 1 rings (SSSR count). The number of carbonyl (C=O) groups is 1. The lowest BCUT2D eigenvalue weighted by molar-refractivity contribution is -0.123. The van der Waals surface area contributed by atoms with Crippen LogP contribution in [0.25, 0.3) is 0 Å². The molecule has 1 N–H and O–H groups in total. The topological polar surface area (TPSA) is 47.6 Å². The Morgan fingerprint density at radius 3 is 2.45 bits per heavy atom. The first kappa shape index (κ1) is 16.1. The third-order valence-corrected chi connectivity index (χ3v) is 2.24. The summed E-state index contributed by atoms with van der Waals surface area (Å²) in [6.07, 6.45) is -4.53. The smallest absolute Gasteiger partial charge is 0.405 e. The zero-order valence-corrected chi connectivity index (χ0v) is 11.4. The van der Waals surface area contributed by atoms with Gasteiger partial charge >= 0.3 is 6.18 Å². The lowest BCUT2D eigenvalue weighted by Gasteiger charge is -2.14. The number of methoxy groups -OCH3 is 1. The van der Waals surface area contributed by atoms with Crippen molar-refractivity contribution in [2.45, 2.75) is 26.1 Å². The Balaban J connectivity index is 2.84. The van der Waals surface area contributed by atoms with Crippen molar-refractivity contribution >= 4 is 5.91 Å². The number of nitrogens with one attached hydrogen (secondary N) is 1. The maximum atomic E-state index is 12.0. The summed E-state index contributed by atoms with van der Waals surface area (Å²) in [6, 6.07) is 4.21. The van der Waals surface area contributed by atoms with E-state index in [1.165, 1.54) is 25.3 Å². The second-order valence-electron chi connectivity index (χ2n) is 4.33. The first-order chi connectivity index (χ1) is 9.23. The number of rotatable bonds is 5. The summed E-state index contributed by atoms with van der Waals surface area (Å²) < 4.78 is 46.6. The van der Waals surface area contributed by atoms with Crippen molar-refractivity contribution in [1.82, 2.24) is 5.32 Å². The van der Waals surface area contributed by atoms with E-state index >= 15 is 0 Å². The van der Waals surface area contributed by atoms with Crippen molar-refractivity contribution in [3.8, 4) is 11.5 Å². The van der Waals surface area contributed by atoms with E-state index in [0.29, 0.717) is 11.5 Å². The molecule has 0 radical (unpaired) electrons. The standard InChI is InChI=1S/C13H16F3NO3/c1-8(2)20-10-5-4-9(6-11(10)19-3)12(18)17-7-13(14,15)16/h4-6,8H,7H2,1-3H3,(H,17,18). The van der Waals surface area contributed by atoms with E-state index in [2.05, 4.69) is 0 Å². The molecular formula is C13H16F3NO3. The number of hydrogen-bond donors (Lipinski definition) is 1. The van der Waals surface area contributed by atoms with E-state index < -0.39 is 18.6 Å². The number of benzene rings is 1. The molecule has 0 aliphatic heterocycles. The predicted octanol–water partition coefficient (Wildman–Crippen LogP) is 2.77. The quantitative estimate of drug-likeness (QED) is 0.907. The minimum atomic E-state index is -4.44. The molecule has 0 unspecified atom stereocenters. The number of amides is 1. The molecule has 1 aromatic carbocycles. The molecule has 0 fully saturated rings. The fraction of sp³-hybridized carbons (Fsp3) is 0.462. The maximum absolute atomic E-state index is 12.0.